The lowest BCUT2D eigenvalue weighted by atomic mass is 9.78. The first-order valence-electron chi connectivity index (χ1n) is 6.68. The zero-order valence-corrected chi connectivity index (χ0v) is 11.1. The molecule has 5 heteroatoms. The number of nitrogens with one attached hydrogen (secondary N) is 1. The van der Waals surface area contributed by atoms with Crippen molar-refractivity contribution in [2.75, 3.05) is 13.2 Å². The summed E-state index contributed by atoms with van der Waals surface area (Å²) in [7, 11) is 0. The summed E-state index contributed by atoms with van der Waals surface area (Å²) in [5.41, 5.74) is 0. The lowest BCUT2D eigenvalue weighted by molar-refractivity contribution is -0.149. The van der Waals surface area contributed by atoms with Gasteiger partial charge in [-0.1, -0.05) is 12.8 Å². The highest BCUT2D eigenvalue weighted by molar-refractivity contribution is 5.84. The van der Waals surface area contributed by atoms with E-state index >= 15 is 0 Å². The second-order valence-corrected chi connectivity index (χ2v) is 4.85. The molecule has 1 aliphatic carbocycles. The molecule has 18 heavy (non-hydrogen) atoms. The van der Waals surface area contributed by atoms with E-state index in [9.17, 15) is 9.59 Å². The Hall–Kier alpha value is -1.10. The van der Waals surface area contributed by atoms with Gasteiger partial charge in [0, 0.05) is 13.2 Å². The topological polar surface area (TPSA) is 75.6 Å². The molecule has 3 unspecified atom stereocenters. The minimum absolute atomic E-state index is 0.0363. The summed E-state index contributed by atoms with van der Waals surface area (Å²) in [6.45, 7) is 4.84. The monoisotopic (exact) mass is 257 g/mol. The number of hydrogen-bond donors (Lipinski definition) is 2. The van der Waals surface area contributed by atoms with Gasteiger partial charge >= 0.3 is 5.97 Å². The third-order valence-corrected chi connectivity index (χ3v) is 3.43. The Morgan fingerprint density at radius 1 is 1.33 bits per heavy atom. The van der Waals surface area contributed by atoms with E-state index in [0.717, 1.165) is 12.8 Å². The third kappa shape index (κ3) is 4.29. The molecule has 0 aliphatic heterocycles. The van der Waals surface area contributed by atoms with Crippen LogP contribution in [0.2, 0.25) is 0 Å². The molecule has 0 spiro atoms. The van der Waals surface area contributed by atoms with Crippen LogP contribution in [0.25, 0.3) is 0 Å². The van der Waals surface area contributed by atoms with Crippen LogP contribution in [0.1, 0.15) is 39.5 Å². The minimum Gasteiger partial charge on any atom is -0.481 e. The van der Waals surface area contributed by atoms with Crippen LogP contribution in [0.15, 0.2) is 0 Å². The summed E-state index contributed by atoms with van der Waals surface area (Å²) in [5.74, 6) is -1.91. The zero-order chi connectivity index (χ0) is 13.5. The largest absolute Gasteiger partial charge is 0.481 e. The van der Waals surface area contributed by atoms with E-state index in [1.165, 1.54) is 0 Å². The Bertz CT molecular complexity index is 293. The Morgan fingerprint density at radius 3 is 2.50 bits per heavy atom. The highest BCUT2D eigenvalue weighted by Crippen LogP contribution is 2.30. The number of rotatable bonds is 6. The quantitative estimate of drug-likeness (QED) is 0.754. The smallest absolute Gasteiger partial charge is 0.307 e. The first-order valence-corrected chi connectivity index (χ1v) is 6.68. The Balaban J connectivity index is 2.45. The van der Waals surface area contributed by atoms with Crippen molar-refractivity contribution in [2.45, 2.75) is 45.6 Å². The molecule has 2 N–H and O–H groups in total. The molecule has 1 aliphatic rings. The maximum Gasteiger partial charge on any atom is 0.307 e. The number of carboxylic acid groups (broad SMARTS) is 1. The van der Waals surface area contributed by atoms with E-state index < -0.39 is 11.9 Å². The summed E-state index contributed by atoms with van der Waals surface area (Å²) in [4.78, 5) is 23.1. The van der Waals surface area contributed by atoms with E-state index in [1.54, 1.807) is 0 Å². The van der Waals surface area contributed by atoms with Gasteiger partial charge in [0.1, 0.15) is 0 Å². The van der Waals surface area contributed by atoms with Crippen molar-refractivity contribution in [1.82, 2.24) is 5.32 Å². The number of amides is 1. The summed E-state index contributed by atoms with van der Waals surface area (Å²) < 4.78 is 5.32. The number of carboxylic acids is 1. The summed E-state index contributed by atoms with van der Waals surface area (Å²) in [6.07, 6.45) is 3.07. The van der Waals surface area contributed by atoms with Gasteiger partial charge in [-0.05, 0) is 26.7 Å². The molecule has 3 atom stereocenters. The number of carbonyl (C=O) groups is 2. The Morgan fingerprint density at radius 2 is 1.94 bits per heavy atom. The summed E-state index contributed by atoms with van der Waals surface area (Å²) in [5, 5.41) is 11.9. The van der Waals surface area contributed by atoms with Crippen LogP contribution in [-0.2, 0) is 14.3 Å². The second-order valence-electron chi connectivity index (χ2n) is 4.85. The molecule has 104 valence electrons. The maximum atomic E-state index is 12.0. The van der Waals surface area contributed by atoms with Crippen LogP contribution >= 0.6 is 0 Å². The molecule has 0 aromatic rings. The van der Waals surface area contributed by atoms with E-state index in [0.29, 0.717) is 26.0 Å². The van der Waals surface area contributed by atoms with Crippen LogP contribution < -0.4 is 5.32 Å². The van der Waals surface area contributed by atoms with Crippen LogP contribution in [0.3, 0.4) is 0 Å². The van der Waals surface area contributed by atoms with Gasteiger partial charge in [0.25, 0.3) is 0 Å². The number of aliphatic carboxylic acids is 1. The molecule has 0 aromatic heterocycles. The molecule has 5 nitrogen and oxygen atoms in total. The molecular weight excluding hydrogens is 234 g/mol. The van der Waals surface area contributed by atoms with Crippen molar-refractivity contribution in [3.05, 3.63) is 0 Å². The highest BCUT2D eigenvalue weighted by Gasteiger charge is 2.35. The van der Waals surface area contributed by atoms with Crippen molar-refractivity contribution in [2.24, 2.45) is 11.8 Å². The predicted molar refractivity (Wildman–Crippen MR) is 67.2 cm³/mol. The predicted octanol–water partition coefficient (Wildman–Crippen LogP) is 1.42. The molecule has 1 fully saturated rings. The van der Waals surface area contributed by atoms with Gasteiger partial charge in [0.15, 0.2) is 0 Å². The van der Waals surface area contributed by atoms with Gasteiger partial charge in [-0.25, -0.2) is 0 Å². The molecule has 0 heterocycles. The van der Waals surface area contributed by atoms with Crippen LogP contribution in [0, 0.1) is 11.8 Å². The average Bonchev–Trinajstić information content (AvgIpc) is 2.36. The van der Waals surface area contributed by atoms with Crippen molar-refractivity contribution in [3.63, 3.8) is 0 Å². The van der Waals surface area contributed by atoms with Gasteiger partial charge in [0.2, 0.25) is 5.91 Å². The van der Waals surface area contributed by atoms with Crippen LogP contribution in [0.4, 0.5) is 0 Å². The fraction of sp³-hybridized carbons (Fsp3) is 0.846. The van der Waals surface area contributed by atoms with Crippen LogP contribution in [0.5, 0.6) is 0 Å². The number of ether oxygens (including phenoxy) is 1. The standard InChI is InChI=1S/C13H23NO4/c1-3-18-9(2)8-14-12(15)10-6-4-5-7-11(10)13(16)17/h9-11H,3-8H2,1-2H3,(H,14,15)(H,16,17). The average molecular weight is 257 g/mol. The second kappa shape index (κ2) is 7.36. The Kier molecular flexibility index (Phi) is 6.12. The molecule has 1 amide bonds. The molecule has 1 rings (SSSR count). The van der Waals surface area contributed by atoms with Gasteiger partial charge in [-0.3, -0.25) is 9.59 Å². The van der Waals surface area contributed by atoms with Crippen molar-refractivity contribution in [3.8, 4) is 0 Å². The van der Waals surface area contributed by atoms with Crippen molar-refractivity contribution in [1.29, 1.82) is 0 Å². The SMILES string of the molecule is CCOC(C)CNC(=O)C1CCCCC1C(=O)O. The first-order chi connectivity index (χ1) is 8.56. The fourth-order valence-corrected chi connectivity index (χ4v) is 2.46. The molecule has 1 saturated carbocycles. The lowest BCUT2D eigenvalue weighted by Crippen LogP contribution is -2.42. The normalized spacial score (nSPS) is 25.4. The number of carbonyl (C=O) groups excluding carboxylic acids is 1. The Labute approximate surface area is 108 Å². The molecule has 0 radical (unpaired) electrons. The zero-order valence-electron chi connectivity index (χ0n) is 11.1. The minimum atomic E-state index is -0.854. The third-order valence-electron chi connectivity index (χ3n) is 3.43. The van der Waals surface area contributed by atoms with Gasteiger partial charge in [0.05, 0.1) is 17.9 Å². The molecular formula is C13H23NO4. The van der Waals surface area contributed by atoms with E-state index in [1.807, 2.05) is 13.8 Å². The van der Waals surface area contributed by atoms with Crippen molar-refractivity contribution < 1.29 is 19.4 Å². The van der Waals surface area contributed by atoms with Gasteiger partial charge in [-0.2, -0.15) is 0 Å². The highest BCUT2D eigenvalue weighted by atomic mass is 16.5. The molecule has 0 saturated heterocycles. The first kappa shape index (κ1) is 15.0. The summed E-state index contributed by atoms with van der Waals surface area (Å²) >= 11 is 0. The lowest BCUT2D eigenvalue weighted by Gasteiger charge is -2.27. The van der Waals surface area contributed by atoms with E-state index in [4.69, 9.17) is 9.84 Å². The summed E-state index contributed by atoms with van der Waals surface area (Å²) in [6, 6.07) is 0. The van der Waals surface area contributed by atoms with Gasteiger partial charge in [-0.15, -0.1) is 0 Å². The number of hydrogen-bond acceptors (Lipinski definition) is 3. The van der Waals surface area contributed by atoms with Gasteiger partial charge < -0.3 is 15.2 Å². The van der Waals surface area contributed by atoms with Crippen molar-refractivity contribution >= 4 is 11.9 Å². The van der Waals surface area contributed by atoms with E-state index in [2.05, 4.69) is 5.32 Å². The van der Waals surface area contributed by atoms with Crippen LogP contribution in [-0.4, -0.2) is 36.2 Å². The fourth-order valence-electron chi connectivity index (χ4n) is 2.46. The molecule has 0 bridgehead atoms. The van der Waals surface area contributed by atoms with E-state index in [-0.39, 0.29) is 17.9 Å². The maximum absolute atomic E-state index is 12.0. The molecule has 0 aromatic carbocycles.